The van der Waals surface area contributed by atoms with Crippen molar-refractivity contribution in [1.29, 1.82) is 0 Å². The minimum atomic E-state index is -0.503. The van der Waals surface area contributed by atoms with Gasteiger partial charge in [-0.15, -0.1) is 0 Å². The van der Waals surface area contributed by atoms with E-state index in [-0.39, 0.29) is 24.6 Å². The molecule has 1 fully saturated rings. The second kappa shape index (κ2) is 7.47. The SMILES string of the molecule is CCOC(=O)CN[C@H]1CCC[C@H]1NC(=O)OC(C)(C)C. The fourth-order valence-corrected chi connectivity index (χ4v) is 2.26. The molecule has 0 aromatic carbocycles. The third-order valence-corrected chi connectivity index (χ3v) is 3.03. The number of esters is 1. The molecule has 1 aliphatic carbocycles. The minimum absolute atomic E-state index is 0.000670. The van der Waals surface area contributed by atoms with Crippen LogP contribution < -0.4 is 10.6 Å². The molecule has 0 bridgehead atoms. The van der Waals surface area contributed by atoms with E-state index in [0.29, 0.717) is 6.61 Å². The standard InChI is InChI=1S/C14H26N2O4/c1-5-19-12(17)9-15-10-7-6-8-11(10)16-13(18)20-14(2,3)4/h10-11,15H,5-9H2,1-4H3,(H,16,18)/t10-,11+/m0/s1. The van der Waals surface area contributed by atoms with Gasteiger partial charge in [0.15, 0.2) is 0 Å². The van der Waals surface area contributed by atoms with Crippen LogP contribution in [0.1, 0.15) is 47.0 Å². The summed E-state index contributed by atoms with van der Waals surface area (Å²) in [4.78, 5) is 23.1. The first kappa shape index (κ1) is 16.8. The van der Waals surface area contributed by atoms with Gasteiger partial charge in [0.1, 0.15) is 5.60 Å². The van der Waals surface area contributed by atoms with Gasteiger partial charge in [0, 0.05) is 12.1 Å². The average molecular weight is 286 g/mol. The number of hydrogen-bond acceptors (Lipinski definition) is 5. The summed E-state index contributed by atoms with van der Waals surface area (Å²) >= 11 is 0. The lowest BCUT2D eigenvalue weighted by molar-refractivity contribution is -0.142. The van der Waals surface area contributed by atoms with Crippen molar-refractivity contribution < 1.29 is 19.1 Å². The predicted octanol–water partition coefficient (Wildman–Crippen LogP) is 1.58. The number of ether oxygens (including phenoxy) is 2. The van der Waals surface area contributed by atoms with Gasteiger partial charge in [-0.3, -0.25) is 4.79 Å². The van der Waals surface area contributed by atoms with Gasteiger partial charge in [-0.2, -0.15) is 0 Å². The fourth-order valence-electron chi connectivity index (χ4n) is 2.26. The normalized spacial score (nSPS) is 22.4. The van der Waals surface area contributed by atoms with Crippen molar-refractivity contribution >= 4 is 12.1 Å². The molecule has 1 amide bonds. The lowest BCUT2D eigenvalue weighted by atomic mass is 10.1. The van der Waals surface area contributed by atoms with E-state index in [0.717, 1.165) is 19.3 Å². The number of hydrogen-bond donors (Lipinski definition) is 2. The molecule has 0 heterocycles. The van der Waals surface area contributed by atoms with E-state index in [1.54, 1.807) is 6.92 Å². The van der Waals surface area contributed by atoms with E-state index < -0.39 is 11.7 Å². The van der Waals surface area contributed by atoms with Gasteiger partial charge in [0.05, 0.1) is 13.2 Å². The van der Waals surface area contributed by atoms with Crippen LogP contribution in [0.15, 0.2) is 0 Å². The van der Waals surface area contributed by atoms with Crippen LogP contribution in [0.4, 0.5) is 4.79 Å². The summed E-state index contributed by atoms with van der Waals surface area (Å²) in [5, 5.41) is 6.01. The van der Waals surface area contributed by atoms with Crippen molar-refractivity contribution in [2.75, 3.05) is 13.2 Å². The highest BCUT2D eigenvalue weighted by atomic mass is 16.6. The number of rotatable bonds is 5. The first-order valence-electron chi connectivity index (χ1n) is 7.20. The van der Waals surface area contributed by atoms with E-state index >= 15 is 0 Å². The highest BCUT2D eigenvalue weighted by Gasteiger charge is 2.30. The molecule has 1 aliphatic rings. The molecule has 20 heavy (non-hydrogen) atoms. The molecule has 0 saturated heterocycles. The van der Waals surface area contributed by atoms with Crippen LogP contribution in [0, 0.1) is 0 Å². The number of carbonyl (C=O) groups excluding carboxylic acids is 2. The smallest absolute Gasteiger partial charge is 0.407 e. The van der Waals surface area contributed by atoms with E-state index in [1.165, 1.54) is 0 Å². The van der Waals surface area contributed by atoms with Crippen molar-refractivity contribution in [3.63, 3.8) is 0 Å². The Kier molecular flexibility index (Phi) is 6.26. The van der Waals surface area contributed by atoms with Gasteiger partial charge in [-0.25, -0.2) is 4.79 Å². The van der Waals surface area contributed by atoms with E-state index in [1.807, 2.05) is 20.8 Å². The first-order chi connectivity index (χ1) is 9.31. The summed E-state index contributed by atoms with van der Waals surface area (Å²) in [6, 6.07) is 0.0891. The highest BCUT2D eigenvalue weighted by Crippen LogP contribution is 2.19. The zero-order valence-corrected chi connectivity index (χ0v) is 12.8. The number of nitrogens with one attached hydrogen (secondary N) is 2. The molecule has 0 aromatic heterocycles. The van der Waals surface area contributed by atoms with Crippen molar-refractivity contribution in [3.05, 3.63) is 0 Å². The molecule has 0 aromatic rings. The van der Waals surface area contributed by atoms with Crippen LogP contribution >= 0.6 is 0 Å². The van der Waals surface area contributed by atoms with Crippen LogP contribution in [0.2, 0.25) is 0 Å². The topological polar surface area (TPSA) is 76.7 Å². The highest BCUT2D eigenvalue weighted by molar-refractivity contribution is 5.71. The van der Waals surface area contributed by atoms with Crippen LogP contribution in [-0.2, 0) is 14.3 Å². The summed E-state index contributed by atoms with van der Waals surface area (Å²) < 4.78 is 10.1. The Bertz CT molecular complexity index is 339. The zero-order valence-electron chi connectivity index (χ0n) is 12.8. The lowest BCUT2D eigenvalue weighted by Gasteiger charge is -2.25. The average Bonchev–Trinajstić information content (AvgIpc) is 2.71. The third-order valence-electron chi connectivity index (χ3n) is 3.03. The summed E-state index contributed by atoms with van der Waals surface area (Å²) in [6.45, 7) is 7.82. The predicted molar refractivity (Wildman–Crippen MR) is 75.4 cm³/mol. The molecule has 0 aliphatic heterocycles. The van der Waals surface area contributed by atoms with Gasteiger partial charge in [0.25, 0.3) is 0 Å². The van der Waals surface area contributed by atoms with Crippen molar-refractivity contribution in [2.24, 2.45) is 0 Å². The molecule has 2 atom stereocenters. The second-order valence-electron chi connectivity index (χ2n) is 5.98. The van der Waals surface area contributed by atoms with Crippen LogP contribution in [0.25, 0.3) is 0 Å². The first-order valence-corrected chi connectivity index (χ1v) is 7.20. The summed E-state index contributed by atoms with van der Waals surface area (Å²) in [5.41, 5.74) is -0.503. The lowest BCUT2D eigenvalue weighted by Crippen LogP contribution is -2.49. The second-order valence-corrected chi connectivity index (χ2v) is 5.98. The maximum atomic E-state index is 11.7. The quantitative estimate of drug-likeness (QED) is 0.750. The molecule has 6 heteroatoms. The maximum Gasteiger partial charge on any atom is 0.407 e. The Balaban J connectivity index is 2.37. The van der Waals surface area contributed by atoms with Crippen LogP contribution in [0.3, 0.4) is 0 Å². The van der Waals surface area contributed by atoms with Crippen molar-refractivity contribution in [3.8, 4) is 0 Å². The number of amides is 1. The summed E-state index contributed by atoms with van der Waals surface area (Å²) in [5.74, 6) is -0.268. The Labute approximate surface area is 120 Å². The molecule has 0 unspecified atom stereocenters. The molecule has 1 saturated carbocycles. The van der Waals surface area contributed by atoms with Crippen LogP contribution in [-0.4, -0.2) is 42.9 Å². The van der Waals surface area contributed by atoms with Gasteiger partial charge in [-0.05, 0) is 47.0 Å². The zero-order chi connectivity index (χ0) is 15.2. The molecule has 116 valence electrons. The third kappa shape index (κ3) is 6.23. The molecular formula is C14H26N2O4. The molecule has 1 rings (SSSR count). The summed E-state index contributed by atoms with van der Waals surface area (Å²) in [6.07, 6.45) is 2.42. The Morgan fingerprint density at radius 3 is 2.45 bits per heavy atom. The van der Waals surface area contributed by atoms with Gasteiger partial charge < -0.3 is 20.1 Å². The van der Waals surface area contributed by atoms with E-state index in [4.69, 9.17) is 9.47 Å². The molecule has 2 N–H and O–H groups in total. The molecule has 6 nitrogen and oxygen atoms in total. The Morgan fingerprint density at radius 1 is 1.20 bits per heavy atom. The number of alkyl carbamates (subject to hydrolysis) is 1. The van der Waals surface area contributed by atoms with E-state index in [2.05, 4.69) is 10.6 Å². The monoisotopic (exact) mass is 286 g/mol. The minimum Gasteiger partial charge on any atom is -0.465 e. The van der Waals surface area contributed by atoms with Gasteiger partial charge in [0.2, 0.25) is 0 Å². The van der Waals surface area contributed by atoms with Crippen molar-refractivity contribution in [2.45, 2.75) is 64.6 Å². The maximum absolute atomic E-state index is 11.7. The fraction of sp³-hybridized carbons (Fsp3) is 0.857. The van der Waals surface area contributed by atoms with Gasteiger partial charge in [-0.1, -0.05) is 0 Å². The molecule has 0 spiro atoms. The molecule has 0 radical (unpaired) electrons. The van der Waals surface area contributed by atoms with E-state index in [9.17, 15) is 9.59 Å². The number of carbonyl (C=O) groups is 2. The van der Waals surface area contributed by atoms with Gasteiger partial charge >= 0.3 is 12.1 Å². The van der Waals surface area contributed by atoms with Crippen molar-refractivity contribution in [1.82, 2.24) is 10.6 Å². The summed E-state index contributed by atoms with van der Waals surface area (Å²) in [7, 11) is 0. The Morgan fingerprint density at radius 2 is 1.85 bits per heavy atom. The Hall–Kier alpha value is -1.30. The molecular weight excluding hydrogens is 260 g/mol. The van der Waals surface area contributed by atoms with Crippen LogP contribution in [0.5, 0.6) is 0 Å². The largest absolute Gasteiger partial charge is 0.465 e.